The number of hydrogen-bond acceptors (Lipinski definition) is 3. The summed E-state index contributed by atoms with van der Waals surface area (Å²) in [6.45, 7) is 7.96. The van der Waals surface area contributed by atoms with E-state index in [9.17, 15) is 4.79 Å². The van der Waals surface area contributed by atoms with Crippen molar-refractivity contribution >= 4 is 5.91 Å². The van der Waals surface area contributed by atoms with Gasteiger partial charge in [-0.15, -0.1) is 0 Å². The van der Waals surface area contributed by atoms with Crippen LogP contribution in [-0.4, -0.2) is 50.2 Å². The molecule has 0 aromatic heterocycles. The van der Waals surface area contributed by atoms with Crippen molar-refractivity contribution in [2.45, 2.75) is 45.6 Å². The van der Waals surface area contributed by atoms with Gasteiger partial charge in [-0.3, -0.25) is 4.79 Å². The predicted octanol–water partition coefficient (Wildman–Crippen LogP) is 1.65. The summed E-state index contributed by atoms with van der Waals surface area (Å²) < 4.78 is 4.99. The molecule has 1 aliphatic heterocycles. The van der Waals surface area contributed by atoms with E-state index in [1.807, 2.05) is 0 Å². The molecular formula is C14H28N2O2. The second-order valence-electron chi connectivity index (χ2n) is 5.49. The van der Waals surface area contributed by atoms with Gasteiger partial charge < -0.3 is 15.0 Å². The first-order valence-electron chi connectivity index (χ1n) is 7.14. The highest BCUT2D eigenvalue weighted by Crippen LogP contribution is 2.22. The lowest BCUT2D eigenvalue weighted by atomic mass is 10.1. The number of carbonyl (C=O) groups is 1. The quantitative estimate of drug-likeness (QED) is 0.638. The maximum Gasteiger partial charge on any atom is 0.222 e. The average Bonchev–Trinajstić information content (AvgIpc) is 2.67. The van der Waals surface area contributed by atoms with Crippen molar-refractivity contribution in [3.05, 3.63) is 0 Å². The molecule has 0 bridgehead atoms. The summed E-state index contributed by atoms with van der Waals surface area (Å²) >= 11 is 0. The molecule has 0 radical (unpaired) electrons. The van der Waals surface area contributed by atoms with Crippen LogP contribution < -0.4 is 5.32 Å². The summed E-state index contributed by atoms with van der Waals surface area (Å²) in [5, 5.41) is 3.35. The van der Waals surface area contributed by atoms with E-state index in [-0.39, 0.29) is 0 Å². The molecule has 1 N–H and O–H groups in total. The molecule has 0 saturated carbocycles. The van der Waals surface area contributed by atoms with Crippen LogP contribution in [-0.2, 0) is 9.53 Å². The maximum absolute atomic E-state index is 11.8. The third kappa shape index (κ3) is 5.36. The van der Waals surface area contributed by atoms with E-state index in [1.165, 1.54) is 0 Å². The normalized spacial score (nSPS) is 20.1. The van der Waals surface area contributed by atoms with E-state index in [0.717, 1.165) is 51.9 Å². The Morgan fingerprint density at radius 1 is 1.44 bits per heavy atom. The predicted molar refractivity (Wildman–Crippen MR) is 73.6 cm³/mol. The van der Waals surface area contributed by atoms with Gasteiger partial charge in [0.25, 0.3) is 0 Å². The highest BCUT2D eigenvalue weighted by molar-refractivity contribution is 5.78. The van der Waals surface area contributed by atoms with Crippen molar-refractivity contribution in [1.29, 1.82) is 0 Å². The van der Waals surface area contributed by atoms with Crippen molar-refractivity contribution in [3.8, 4) is 0 Å². The van der Waals surface area contributed by atoms with Crippen LogP contribution in [0.15, 0.2) is 0 Å². The number of nitrogens with zero attached hydrogens (tertiary/aromatic N) is 1. The number of likely N-dealkylation sites (tertiary alicyclic amines) is 1. The largest absolute Gasteiger partial charge is 0.383 e. The fourth-order valence-corrected chi connectivity index (χ4v) is 2.37. The van der Waals surface area contributed by atoms with Crippen LogP contribution in [0.3, 0.4) is 0 Å². The molecule has 1 atom stereocenters. The van der Waals surface area contributed by atoms with Gasteiger partial charge in [-0.1, -0.05) is 13.8 Å². The van der Waals surface area contributed by atoms with Crippen molar-refractivity contribution in [2.24, 2.45) is 5.92 Å². The van der Waals surface area contributed by atoms with Crippen LogP contribution >= 0.6 is 0 Å². The summed E-state index contributed by atoms with van der Waals surface area (Å²) in [5.74, 6) is 1.01. The molecule has 1 unspecified atom stereocenters. The minimum Gasteiger partial charge on any atom is -0.383 e. The molecule has 0 aromatic carbocycles. The summed E-state index contributed by atoms with van der Waals surface area (Å²) in [6.07, 6.45) is 3.94. The summed E-state index contributed by atoms with van der Waals surface area (Å²) in [6, 6.07) is 0.450. The zero-order valence-corrected chi connectivity index (χ0v) is 12.1. The SMILES string of the molecule is COCCNCCC1CCC(=O)N1CCC(C)C. The highest BCUT2D eigenvalue weighted by atomic mass is 16.5. The smallest absolute Gasteiger partial charge is 0.222 e. The highest BCUT2D eigenvalue weighted by Gasteiger charge is 2.29. The molecule has 4 nitrogen and oxygen atoms in total. The van der Waals surface area contributed by atoms with Crippen molar-refractivity contribution in [2.75, 3.05) is 33.4 Å². The van der Waals surface area contributed by atoms with E-state index in [0.29, 0.717) is 17.9 Å². The van der Waals surface area contributed by atoms with Gasteiger partial charge in [-0.2, -0.15) is 0 Å². The fraction of sp³-hybridized carbons (Fsp3) is 0.929. The molecule has 106 valence electrons. The number of carbonyl (C=O) groups excluding carboxylic acids is 1. The minimum atomic E-state index is 0.345. The Labute approximate surface area is 111 Å². The molecule has 1 heterocycles. The monoisotopic (exact) mass is 256 g/mol. The first-order valence-corrected chi connectivity index (χ1v) is 7.14. The van der Waals surface area contributed by atoms with Crippen LogP contribution in [0.25, 0.3) is 0 Å². The van der Waals surface area contributed by atoms with E-state index in [2.05, 4.69) is 24.1 Å². The molecule has 0 aliphatic carbocycles. The molecule has 4 heteroatoms. The van der Waals surface area contributed by atoms with E-state index >= 15 is 0 Å². The van der Waals surface area contributed by atoms with Gasteiger partial charge in [0.2, 0.25) is 5.91 Å². The Morgan fingerprint density at radius 2 is 2.22 bits per heavy atom. The first kappa shape index (κ1) is 15.4. The minimum absolute atomic E-state index is 0.345. The molecule has 0 spiro atoms. The van der Waals surface area contributed by atoms with Gasteiger partial charge in [-0.25, -0.2) is 0 Å². The zero-order valence-electron chi connectivity index (χ0n) is 12.1. The topological polar surface area (TPSA) is 41.6 Å². The molecule has 18 heavy (non-hydrogen) atoms. The number of hydrogen-bond donors (Lipinski definition) is 1. The third-order valence-corrected chi connectivity index (χ3v) is 3.54. The number of amides is 1. The molecule has 0 aromatic rings. The average molecular weight is 256 g/mol. The second kappa shape index (κ2) is 8.48. The third-order valence-electron chi connectivity index (χ3n) is 3.54. The molecule has 1 saturated heterocycles. The lowest BCUT2D eigenvalue weighted by molar-refractivity contribution is -0.129. The summed E-state index contributed by atoms with van der Waals surface area (Å²) in [7, 11) is 1.71. The molecule has 1 fully saturated rings. The Hall–Kier alpha value is -0.610. The van der Waals surface area contributed by atoms with Crippen molar-refractivity contribution < 1.29 is 9.53 Å². The number of nitrogens with one attached hydrogen (secondary N) is 1. The van der Waals surface area contributed by atoms with Crippen molar-refractivity contribution in [3.63, 3.8) is 0 Å². The fourth-order valence-electron chi connectivity index (χ4n) is 2.37. The Balaban J connectivity index is 2.23. The van der Waals surface area contributed by atoms with E-state index in [1.54, 1.807) is 7.11 Å². The molecule has 1 amide bonds. The summed E-state index contributed by atoms with van der Waals surface area (Å²) in [5.41, 5.74) is 0. The summed E-state index contributed by atoms with van der Waals surface area (Å²) in [4.78, 5) is 13.9. The van der Waals surface area contributed by atoms with Gasteiger partial charge in [0.05, 0.1) is 6.61 Å². The van der Waals surface area contributed by atoms with Crippen molar-refractivity contribution in [1.82, 2.24) is 10.2 Å². The van der Waals surface area contributed by atoms with Crippen LogP contribution in [0.1, 0.15) is 39.5 Å². The van der Waals surface area contributed by atoms with Crippen LogP contribution in [0.2, 0.25) is 0 Å². The van der Waals surface area contributed by atoms with E-state index in [4.69, 9.17) is 4.74 Å². The Kier molecular flexibility index (Phi) is 7.28. The lowest BCUT2D eigenvalue weighted by Gasteiger charge is -2.25. The Bertz CT molecular complexity index is 244. The molecular weight excluding hydrogens is 228 g/mol. The van der Waals surface area contributed by atoms with Crippen LogP contribution in [0.4, 0.5) is 0 Å². The van der Waals surface area contributed by atoms with Gasteiger partial charge in [-0.05, 0) is 31.7 Å². The second-order valence-corrected chi connectivity index (χ2v) is 5.49. The van der Waals surface area contributed by atoms with Gasteiger partial charge in [0, 0.05) is 32.7 Å². The lowest BCUT2D eigenvalue weighted by Crippen LogP contribution is -2.36. The van der Waals surface area contributed by atoms with Crippen LogP contribution in [0, 0.1) is 5.92 Å². The van der Waals surface area contributed by atoms with Gasteiger partial charge in [0.15, 0.2) is 0 Å². The van der Waals surface area contributed by atoms with E-state index < -0.39 is 0 Å². The first-order chi connectivity index (χ1) is 8.65. The van der Waals surface area contributed by atoms with Crippen LogP contribution in [0.5, 0.6) is 0 Å². The maximum atomic E-state index is 11.8. The number of methoxy groups -OCH3 is 1. The Morgan fingerprint density at radius 3 is 2.89 bits per heavy atom. The zero-order chi connectivity index (χ0) is 13.4. The van der Waals surface area contributed by atoms with Gasteiger partial charge in [0.1, 0.15) is 0 Å². The van der Waals surface area contributed by atoms with Gasteiger partial charge >= 0.3 is 0 Å². The molecule has 1 aliphatic rings. The molecule has 1 rings (SSSR count). The standard InChI is InChI=1S/C14H28N2O2/c1-12(2)7-10-16-13(4-5-14(16)17)6-8-15-9-11-18-3/h12-13,15H,4-11H2,1-3H3. The number of ether oxygens (including phenoxy) is 1. The number of rotatable bonds is 9.